The molecule has 2 saturated heterocycles. The predicted molar refractivity (Wildman–Crippen MR) is 83.1 cm³/mol. The van der Waals surface area contributed by atoms with Crippen LogP contribution in [0.2, 0.25) is 0 Å². The first-order valence-electron chi connectivity index (χ1n) is 7.64. The molecule has 2 atom stereocenters. The predicted octanol–water partition coefficient (Wildman–Crippen LogP) is 2.01. The maximum absolute atomic E-state index is 5.63. The van der Waals surface area contributed by atoms with Gasteiger partial charge >= 0.3 is 0 Å². The second-order valence-electron chi connectivity index (χ2n) is 5.21. The van der Waals surface area contributed by atoms with Crippen LogP contribution in [0.4, 0.5) is 0 Å². The summed E-state index contributed by atoms with van der Waals surface area (Å²) in [6, 6.07) is 0. The topological polar surface area (TPSA) is 45.7 Å². The summed E-state index contributed by atoms with van der Waals surface area (Å²) in [5, 5.41) is 7.47. The summed E-state index contributed by atoms with van der Waals surface area (Å²) in [7, 11) is 0. The minimum atomic E-state index is 0.459. The highest BCUT2D eigenvalue weighted by molar-refractivity contribution is 8.00. The Balaban J connectivity index is 1.66. The standard InChI is InChI=1S/C14H27N3OS/c1-2-15-14(17-11-13-6-4-10-19-13)16-8-7-12-5-3-9-18-12/h12-13H,2-11H2,1H3,(H2,15,16,17). The second kappa shape index (κ2) is 8.69. The maximum atomic E-state index is 5.63. The number of rotatable bonds is 6. The normalized spacial score (nSPS) is 27.7. The smallest absolute Gasteiger partial charge is 0.191 e. The van der Waals surface area contributed by atoms with Crippen molar-refractivity contribution < 1.29 is 4.74 Å². The van der Waals surface area contributed by atoms with Crippen LogP contribution in [-0.4, -0.2) is 49.3 Å². The Bertz CT molecular complexity index is 274. The summed E-state index contributed by atoms with van der Waals surface area (Å²) in [5.74, 6) is 2.27. The summed E-state index contributed by atoms with van der Waals surface area (Å²) in [6.07, 6.45) is 6.66. The van der Waals surface area contributed by atoms with Crippen LogP contribution in [-0.2, 0) is 4.74 Å². The van der Waals surface area contributed by atoms with E-state index in [1.165, 1.54) is 31.4 Å². The lowest BCUT2D eigenvalue weighted by molar-refractivity contribution is 0.105. The first-order chi connectivity index (χ1) is 9.38. The van der Waals surface area contributed by atoms with Gasteiger partial charge in [-0.1, -0.05) is 0 Å². The zero-order valence-corrected chi connectivity index (χ0v) is 12.8. The van der Waals surface area contributed by atoms with Crippen LogP contribution in [0.15, 0.2) is 4.99 Å². The van der Waals surface area contributed by atoms with Gasteiger partial charge in [0.15, 0.2) is 5.96 Å². The van der Waals surface area contributed by atoms with Gasteiger partial charge in [-0.05, 0) is 44.8 Å². The fourth-order valence-corrected chi connectivity index (χ4v) is 3.73. The summed E-state index contributed by atoms with van der Waals surface area (Å²) < 4.78 is 5.63. The molecule has 2 aliphatic heterocycles. The molecule has 2 N–H and O–H groups in total. The Hall–Kier alpha value is -0.420. The first kappa shape index (κ1) is 15.0. The van der Waals surface area contributed by atoms with E-state index in [2.05, 4.69) is 29.3 Å². The Morgan fingerprint density at radius 3 is 2.95 bits per heavy atom. The van der Waals surface area contributed by atoms with Crippen molar-refractivity contribution in [1.82, 2.24) is 10.6 Å². The third-order valence-electron chi connectivity index (χ3n) is 3.60. The van der Waals surface area contributed by atoms with Gasteiger partial charge < -0.3 is 15.4 Å². The van der Waals surface area contributed by atoms with Gasteiger partial charge in [-0.25, -0.2) is 0 Å². The second-order valence-corrected chi connectivity index (χ2v) is 6.61. The van der Waals surface area contributed by atoms with E-state index >= 15 is 0 Å². The molecule has 110 valence electrons. The Labute approximate surface area is 121 Å². The van der Waals surface area contributed by atoms with Crippen LogP contribution in [0.5, 0.6) is 0 Å². The summed E-state index contributed by atoms with van der Waals surface area (Å²) in [4.78, 5) is 4.69. The van der Waals surface area contributed by atoms with Crippen molar-refractivity contribution in [3.05, 3.63) is 0 Å². The molecule has 19 heavy (non-hydrogen) atoms. The van der Waals surface area contributed by atoms with Gasteiger partial charge in [-0.2, -0.15) is 11.8 Å². The molecule has 2 aliphatic rings. The number of nitrogens with one attached hydrogen (secondary N) is 2. The lowest BCUT2D eigenvalue weighted by atomic mass is 10.2. The van der Waals surface area contributed by atoms with E-state index in [0.717, 1.165) is 43.9 Å². The fraction of sp³-hybridized carbons (Fsp3) is 0.929. The molecule has 2 fully saturated rings. The van der Waals surface area contributed by atoms with Gasteiger partial charge in [-0.15, -0.1) is 0 Å². The third-order valence-corrected chi connectivity index (χ3v) is 4.98. The van der Waals surface area contributed by atoms with Gasteiger partial charge in [0, 0.05) is 24.9 Å². The number of ether oxygens (including phenoxy) is 1. The lowest BCUT2D eigenvalue weighted by Crippen LogP contribution is -2.39. The molecule has 0 bridgehead atoms. The lowest BCUT2D eigenvalue weighted by Gasteiger charge is -2.14. The summed E-state index contributed by atoms with van der Waals surface area (Å²) >= 11 is 2.06. The van der Waals surface area contributed by atoms with Gasteiger partial charge in [0.2, 0.25) is 0 Å². The van der Waals surface area contributed by atoms with E-state index in [-0.39, 0.29) is 0 Å². The monoisotopic (exact) mass is 285 g/mol. The van der Waals surface area contributed by atoms with Crippen LogP contribution < -0.4 is 10.6 Å². The molecule has 0 aliphatic carbocycles. The Kier molecular flexibility index (Phi) is 6.85. The zero-order valence-electron chi connectivity index (χ0n) is 12.0. The third kappa shape index (κ3) is 5.61. The number of hydrogen-bond donors (Lipinski definition) is 2. The molecule has 0 amide bonds. The van der Waals surface area contributed by atoms with Crippen molar-refractivity contribution in [2.45, 2.75) is 50.4 Å². The van der Waals surface area contributed by atoms with Crippen molar-refractivity contribution in [2.24, 2.45) is 4.99 Å². The first-order valence-corrected chi connectivity index (χ1v) is 8.68. The van der Waals surface area contributed by atoms with Crippen LogP contribution in [0.25, 0.3) is 0 Å². The Morgan fingerprint density at radius 1 is 1.32 bits per heavy atom. The molecule has 4 nitrogen and oxygen atoms in total. The van der Waals surface area contributed by atoms with E-state index < -0.39 is 0 Å². The van der Waals surface area contributed by atoms with Crippen LogP contribution >= 0.6 is 11.8 Å². The molecule has 0 saturated carbocycles. The van der Waals surface area contributed by atoms with Crippen molar-refractivity contribution >= 4 is 17.7 Å². The average Bonchev–Trinajstić information content (AvgIpc) is 3.09. The molecule has 2 rings (SSSR count). The molecule has 0 spiro atoms. The van der Waals surface area contributed by atoms with Crippen molar-refractivity contribution in [2.75, 3.05) is 32.0 Å². The molecule has 2 unspecified atom stereocenters. The van der Waals surface area contributed by atoms with E-state index in [0.29, 0.717) is 6.10 Å². The molecular formula is C14H27N3OS. The fourth-order valence-electron chi connectivity index (χ4n) is 2.55. The number of thioether (sulfide) groups is 1. The molecule has 0 aromatic heterocycles. The minimum Gasteiger partial charge on any atom is -0.378 e. The van der Waals surface area contributed by atoms with E-state index in [1.54, 1.807) is 0 Å². The molecule has 0 aromatic rings. The van der Waals surface area contributed by atoms with Crippen LogP contribution in [0.3, 0.4) is 0 Å². The van der Waals surface area contributed by atoms with Crippen LogP contribution in [0.1, 0.15) is 39.0 Å². The highest BCUT2D eigenvalue weighted by Crippen LogP contribution is 2.25. The van der Waals surface area contributed by atoms with Gasteiger partial charge in [0.25, 0.3) is 0 Å². The average molecular weight is 285 g/mol. The van der Waals surface area contributed by atoms with E-state index in [9.17, 15) is 0 Å². The number of hydrogen-bond acceptors (Lipinski definition) is 3. The van der Waals surface area contributed by atoms with Crippen molar-refractivity contribution in [3.8, 4) is 0 Å². The van der Waals surface area contributed by atoms with Crippen molar-refractivity contribution in [3.63, 3.8) is 0 Å². The van der Waals surface area contributed by atoms with Gasteiger partial charge in [0.1, 0.15) is 0 Å². The van der Waals surface area contributed by atoms with Gasteiger partial charge in [0.05, 0.1) is 12.6 Å². The SMILES string of the molecule is CCNC(=NCC1CCCS1)NCCC1CCCO1. The molecule has 0 aromatic carbocycles. The van der Waals surface area contributed by atoms with E-state index in [1.807, 2.05) is 0 Å². The van der Waals surface area contributed by atoms with E-state index in [4.69, 9.17) is 9.73 Å². The van der Waals surface area contributed by atoms with Crippen molar-refractivity contribution in [1.29, 1.82) is 0 Å². The molecule has 0 radical (unpaired) electrons. The summed E-state index contributed by atoms with van der Waals surface area (Å²) in [6.45, 7) is 5.87. The van der Waals surface area contributed by atoms with Crippen LogP contribution in [0, 0.1) is 0 Å². The number of nitrogens with zero attached hydrogens (tertiary/aromatic N) is 1. The minimum absolute atomic E-state index is 0.459. The molecule has 2 heterocycles. The quantitative estimate of drug-likeness (QED) is 0.579. The molecule has 5 heteroatoms. The summed E-state index contributed by atoms with van der Waals surface area (Å²) in [5.41, 5.74) is 0. The van der Waals surface area contributed by atoms with Gasteiger partial charge in [-0.3, -0.25) is 4.99 Å². The maximum Gasteiger partial charge on any atom is 0.191 e. The highest BCUT2D eigenvalue weighted by atomic mass is 32.2. The Morgan fingerprint density at radius 2 is 2.26 bits per heavy atom. The molecular weight excluding hydrogens is 258 g/mol. The number of guanidine groups is 1. The zero-order chi connectivity index (χ0) is 13.3. The largest absolute Gasteiger partial charge is 0.378 e. The highest BCUT2D eigenvalue weighted by Gasteiger charge is 2.16. The number of aliphatic imine (C=N–C) groups is 1.